The first-order valence-electron chi connectivity index (χ1n) is 9.56. The molecular formula is C23H21N3O4. The van der Waals surface area contributed by atoms with E-state index in [2.05, 4.69) is 10.3 Å². The molecule has 0 fully saturated rings. The van der Waals surface area contributed by atoms with Crippen LogP contribution < -0.4 is 10.2 Å². The Labute approximate surface area is 173 Å². The molecule has 152 valence electrons. The SMILES string of the molecule is Cc1cc(C(=O)OCC(=O)N2c3ccccc3NC(=O)C2(C)C)c2ccccc2n1. The van der Waals surface area contributed by atoms with Crippen molar-refractivity contribution in [2.75, 3.05) is 16.8 Å². The lowest BCUT2D eigenvalue weighted by Crippen LogP contribution is -2.59. The van der Waals surface area contributed by atoms with Crippen LogP contribution in [0.25, 0.3) is 10.9 Å². The fourth-order valence-corrected chi connectivity index (χ4v) is 3.64. The molecule has 2 heterocycles. The number of aryl methyl sites for hydroxylation is 1. The van der Waals surface area contributed by atoms with Gasteiger partial charge in [0.1, 0.15) is 5.54 Å². The molecule has 0 atom stereocenters. The van der Waals surface area contributed by atoms with Gasteiger partial charge in [0.25, 0.3) is 5.91 Å². The van der Waals surface area contributed by atoms with E-state index >= 15 is 0 Å². The number of hydrogen-bond donors (Lipinski definition) is 1. The summed E-state index contributed by atoms with van der Waals surface area (Å²) in [6, 6.07) is 15.9. The molecule has 0 saturated carbocycles. The molecule has 1 N–H and O–H groups in total. The quantitative estimate of drug-likeness (QED) is 0.677. The van der Waals surface area contributed by atoms with Gasteiger partial charge < -0.3 is 10.1 Å². The number of ether oxygens (including phenoxy) is 1. The summed E-state index contributed by atoms with van der Waals surface area (Å²) in [6.45, 7) is 4.61. The summed E-state index contributed by atoms with van der Waals surface area (Å²) in [5, 5.41) is 3.46. The van der Waals surface area contributed by atoms with Crippen LogP contribution >= 0.6 is 0 Å². The number of amides is 2. The molecule has 7 heteroatoms. The Kier molecular flexibility index (Phi) is 4.73. The van der Waals surface area contributed by atoms with Gasteiger partial charge in [-0.3, -0.25) is 19.5 Å². The summed E-state index contributed by atoms with van der Waals surface area (Å²) in [5.41, 5.74) is 1.68. The minimum atomic E-state index is -1.13. The number of benzene rings is 2. The predicted molar refractivity (Wildman–Crippen MR) is 113 cm³/mol. The van der Waals surface area contributed by atoms with E-state index in [1.165, 1.54) is 4.90 Å². The van der Waals surface area contributed by atoms with Crippen molar-refractivity contribution in [3.8, 4) is 0 Å². The monoisotopic (exact) mass is 403 g/mol. The second kappa shape index (κ2) is 7.26. The second-order valence-corrected chi connectivity index (χ2v) is 7.66. The highest BCUT2D eigenvalue weighted by atomic mass is 16.5. The van der Waals surface area contributed by atoms with Crippen molar-refractivity contribution in [2.24, 2.45) is 0 Å². The lowest BCUT2D eigenvalue weighted by Gasteiger charge is -2.41. The number of aromatic nitrogens is 1. The third-order valence-corrected chi connectivity index (χ3v) is 5.15. The Morgan fingerprint density at radius 3 is 2.60 bits per heavy atom. The lowest BCUT2D eigenvalue weighted by molar-refractivity contribution is -0.128. The molecule has 1 aliphatic heterocycles. The molecule has 7 nitrogen and oxygen atoms in total. The smallest absolute Gasteiger partial charge is 0.339 e. The van der Waals surface area contributed by atoms with Crippen molar-refractivity contribution in [3.63, 3.8) is 0 Å². The minimum absolute atomic E-state index is 0.309. The van der Waals surface area contributed by atoms with Crippen molar-refractivity contribution in [3.05, 3.63) is 65.9 Å². The molecule has 0 spiro atoms. The zero-order valence-corrected chi connectivity index (χ0v) is 16.9. The standard InChI is InChI=1S/C23H21N3O4/c1-14-12-16(15-8-4-5-9-17(15)24-14)21(28)30-13-20(27)26-19-11-7-6-10-18(19)25-22(29)23(26,2)3/h4-12H,13H2,1-3H3,(H,25,29). The number of para-hydroxylation sites is 3. The van der Waals surface area contributed by atoms with Gasteiger partial charge in [0.05, 0.1) is 22.5 Å². The van der Waals surface area contributed by atoms with E-state index in [9.17, 15) is 14.4 Å². The van der Waals surface area contributed by atoms with Crippen molar-refractivity contribution in [2.45, 2.75) is 26.3 Å². The Morgan fingerprint density at radius 1 is 1.10 bits per heavy atom. The number of rotatable bonds is 3. The third-order valence-electron chi connectivity index (χ3n) is 5.15. The number of fused-ring (bicyclic) bond motifs is 2. The van der Waals surface area contributed by atoms with E-state index in [0.717, 1.165) is 0 Å². The first kappa shape index (κ1) is 19.6. The second-order valence-electron chi connectivity index (χ2n) is 7.66. The highest BCUT2D eigenvalue weighted by molar-refractivity contribution is 6.14. The molecular weight excluding hydrogens is 382 g/mol. The summed E-state index contributed by atoms with van der Waals surface area (Å²) in [4.78, 5) is 44.1. The molecule has 1 aliphatic rings. The van der Waals surface area contributed by atoms with Gasteiger partial charge in [-0.25, -0.2) is 4.79 Å². The first-order valence-corrected chi connectivity index (χ1v) is 9.56. The average Bonchev–Trinajstić information content (AvgIpc) is 2.72. The van der Waals surface area contributed by atoms with Gasteiger partial charge in [0, 0.05) is 11.1 Å². The summed E-state index contributed by atoms with van der Waals surface area (Å²) in [6.07, 6.45) is 0. The number of hydrogen-bond acceptors (Lipinski definition) is 5. The van der Waals surface area contributed by atoms with Crippen molar-refractivity contribution < 1.29 is 19.1 Å². The van der Waals surface area contributed by atoms with Gasteiger partial charge in [-0.1, -0.05) is 30.3 Å². The van der Waals surface area contributed by atoms with Gasteiger partial charge in [-0.2, -0.15) is 0 Å². The molecule has 4 rings (SSSR count). The summed E-state index contributed by atoms with van der Waals surface area (Å²) < 4.78 is 5.36. The number of esters is 1. The Balaban J connectivity index is 1.60. The number of anilines is 2. The predicted octanol–water partition coefficient (Wildman–Crippen LogP) is 3.46. The first-order chi connectivity index (χ1) is 14.3. The van der Waals surface area contributed by atoms with Crippen LogP contribution in [0, 0.1) is 6.92 Å². The molecule has 30 heavy (non-hydrogen) atoms. The van der Waals surface area contributed by atoms with Crippen LogP contribution in [-0.4, -0.2) is 34.9 Å². The molecule has 0 aliphatic carbocycles. The number of pyridine rings is 1. The summed E-state index contributed by atoms with van der Waals surface area (Å²) in [7, 11) is 0. The number of nitrogens with zero attached hydrogens (tertiary/aromatic N) is 2. The van der Waals surface area contributed by atoms with Crippen molar-refractivity contribution >= 4 is 40.1 Å². The molecule has 2 aromatic carbocycles. The van der Waals surface area contributed by atoms with E-state index in [1.807, 2.05) is 18.2 Å². The van der Waals surface area contributed by atoms with E-state index < -0.39 is 24.0 Å². The molecule has 0 radical (unpaired) electrons. The summed E-state index contributed by atoms with van der Waals surface area (Å²) >= 11 is 0. The largest absolute Gasteiger partial charge is 0.452 e. The van der Waals surface area contributed by atoms with Crippen LogP contribution in [0.1, 0.15) is 29.9 Å². The van der Waals surface area contributed by atoms with E-state index in [4.69, 9.17) is 4.74 Å². The molecule has 3 aromatic rings. The zero-order valence-electron chi connectivity index (χ0n) is 16.9. The normalized spacial score (nSPS) is 14.8. The maximum atomic E-state index is 13.0. The van der Waals surface area contributed by atoms with Crippen LogP contribution in [0.4, 0.5) is 11.4 Å². The van der Waals surface area contributed by atoms with Crippen LogP contribution in [0.15, 0.2) is 54.6 Å². The van der Waals surface area contributed by atoms with Crippen LogP contribution in [0.5, 0.6) is 0 Å². The van der Waals surface area contributed by atoms with Crippen molar-refractivity contribution in [1.29, 1.82) is 0 Å². The molecule has 0 saturated heterocycles. The highest BCUT2D eigenvalue weighted by Crippen LogP contribution is 2.36. The lowest BCUT2D eigenvalue weighted by atomic mass is 9.96. The topological polar surface area (TPSA) is 88.6 Å². The van der Waals surface area contributed by atoms with Gasteiger partial charge in [-0.05, 0) is 45.0 Å². The molecule has 2 amide bonds. The van der Waals surface area contributed by atoms with E-state index in [0.29, 0.717) is 33.5 Å². The van der Waals surface area contributed by atoms with Crippen LogP contribution in [0.3, 0.4) is 0 Å². The molecule has 1 aromatic heterocycles. The Hall–Kier alpha value is -3.74. The fraction of sp³-hybridized carbons (Fsp3) is 0.217. The van der Waals surface area contributed by atoms with Crippen LogP contribution in [-0.2, 0) is 14.3 Å². The van der Waals surface area contributed by atoms with Gasteiger partial charge in [0.2, 0.25) is 5.91 Å². The number of nitrogens with one attached hydrogen (secondary N) is 1. The van der Waals surface area contributed by atoms with E-state index in [1.54, 1.807) is 57.2 Å². The van der Waals surface area contributed by atoms with Gasteiger partial charge in [-0.15, -0.1) is 0 Å². The van der Waals surface area contributed by atoms with Crippen LogP contribution in [0.2, 0.25) is 0 Å². The van der Waals surface area contributed by atoms with Gasteiger partial charge in [0.15, 0.2) is 6.61 Å². The average molecular weight is 403 g/mol. The number of carbonyl (C=O) groups is 3. The van der Waals surface area contributed by atoms with E-state index in [-0.39, 0.29) is 5.91 Å². The van der Waals surface area contributed by atoms with Crippen molar-refractivity contribution in [1.82, 2.24) is 4.98 Å². The summed E-state index contributed by atoms with van der Waals surface area (Å²) in [5.74, 6) is -1.40. The fourth-order valence-electron chi connectivity index (χ4n) is 3.64. The number of carbonyl (C=O) groups excluding carboxylic acids is 3. The molecule has 0 bridgehead atoms. The maximum absolute atomic E-state index is 13.0. The van der Waals surface area contributed by atoms with Gasteiger partial charge >= 0.3 is 5.97 Å². The minimum Gasteiger partial charge on any atom is -0.452 e. The zero-order chi connectivity index (χ0) is 21.5. The highest BCUT2D eigenvalue weighted by Gasteiger charge is 2.43. The molecule has 0 unspecified atom stereocenters. The maximum Gasteiger partial charge on any atom is 0.339 e. The Bertz CT molecular complexity index is 1190. The Morgan fingerprint density at radius 2 is 1.80 bits per heavy atom. The third kappa shape index (κ3) is 3.28.